The Morgan fingerprint density at radius 2 is 1.94 bits per heavy atom. The number of benzene rings is 1. The van der Waals surface area contributed by atoms with Gasteiger partial charge in [0.15, 0.2) is 0 Å². The largest absolute Gasteiger partial charge is 0.317 e. The fraction of sp³-hybridized carbons (Fsp3) is 0.600. The highest BCUT2D eigenvalue weighted by molar-refractivity contribution is 6.33. The van der Waals surface area contributed by atoms with E-state index in [2.05, 4.69) is 19.2 Å². The molecular formula is C15H23Cl2N. The van der Waals surface area contributed by atoms with Gasteiger partial charge in [0.25, 0.3) is 0 Å². The second-order valence-electron chi connectivity index (χ2n) is 4.92. The Hall–Kier alpha value is -0.240. The van der Waals surface area contributed by atoms with Crippen molar-refractivity contribution in [2.45, 2.75) is 39.5 Å². The number of aryl methyl sites for hydroxylation is 1. The molecule has 0 heterocycles. The lowest BCUT2D eigenvalue weighted by Gasteiger charge is -2.12. The van der Waals surface area contributed by atoms with Crippen LogP contribution in [0.5, 0.6) is 0 Å². The first-order valence-corrected chi connectivity index (χ1v) is 7.53. The Kier molecular flexibility index (Phi) is 7.73. The molecule has 1 aromatic rings. The molecule has 0 saturated carbocycles. The quantitative estimate of drug-likeness (QED) is 0.667. The van der Waals surface area contributed by atoms with Crippen molar-refractivity contribution in [3.63, 3.8) is 0 Å². The van der Waals surface area contributed by atoms with Crippen molar-refractivity contribution in [3.8, 4) is 0 Å². The highest BCUT2D eigenvalue weighted by atomic mass is 35.5. The van der Waals surface area contributed by atoms with Gasteiger partial charge in [-0.1, -0.05) is 37.0 Å². The van der Waals surface area contributed by atoms with Crippen molar-refractivity contribution in [2.75, 3.05) is 13.1 Å². The SMILES string of the molecule is CCCNCCC(C)CCc1cc(Cl)ccc1Cl. The minimum absolute atomic E-state index is 0.712. The number of hydrogen-bond donors (Lipinski definition) is 1. The average molecular weight is 288 g/mol. The summed E-state index contributed by atoms with van der Waals surface area (Å²) in [6, 6.07) is 5.70. The standard InChI is InChI=1S/C15H23Cl2N/c1-3-9-18-10-8-12(2)4-5-13-11-14(16)6-7-15(13)17/h6-7,11-12,18H,3-5,8-10H2,1-2H3. The molecule has 1 aromatic carbocycles. The van der Waals surface area contributed by atoms with Crippen molar-refractivity contribution in [1.29, 1.82) is 0 Å². The molecule has 102 valence electrons. The molecule has 0 aromatic heterocycles. The van der Waals surface area contributed by atoms with Crippen LogP contribution >= 0.6 is 23.2 Å². The van der Waals surface area contributed by atoms with Crippen molar-refractivity contribution in [2.24, 2.45) is 5.92 Å². The van der Waals surface area contributed by atoms with Crippen molar-refractivity contribution in [3.05, 3.63) is 33.8 Å². The van der Waals surface area contributed by atoms with E-state index in [0.29, 0.717) is 5.92 Å². The summed E-state index contributed by atoms with van der Waals surface area (Å²) in [4.78, 5) is 0. The van der Waals surface area contributed by atoms with E-state index in [1.165, 1.54) is 12.8 Å². The predicted molar refractivity (Wildman–Crippen MR) is 81.7 cm³/mol. The predicted octanol–water partition coefficient (Wildman–Crippen LogP) is 4.95. The van der Waals surface area contributed by atoms with Gasteiger partial charge in [0, 0.05) is 10.0 Å². The maximum absolute atomic E-state index is 6.15. The molecule has 3 heteroatoms. The van der Waals surface area contributed by atoms with Crippen LogP contribution in [0.15, 0.2) is 18.2 Å². The van der Waals surface area contributed by atoms with Gasteiger partial charge >= 0.3 is 0 Å². The summed E-state index contributed by atoms with van der Waals surface area (Å²) in [6.45, 7) is 6.72. The monoisotopic (exact) mass is 287 g/mol. The second kappa shape index (κ2) is 8.79. The summed E-state index contributed by atoms with van der Waals surface area (Å²) < 4.78 is 0. The highest BCUT2D eigenvalue weighted by Gasteiger charge is 2.06. The van der Waals surface area contributed by atoms with Crippen LogP contribution in [0.3, 0.4) is 0 Å². The van der Waals surface area contributed by atoms with Crippen molar-refractivity contribution in [1.82, 2.24) is 5.32 Å². The van der Waals surface area contributed by atoms with Crippen LogP contribution in [0.2, 0.25) is 10.0 Å². The number of hydrogen-bond acceptors (Lipinski definition) is 1. The zero-order chi connectivity index (χ0) is 13.4. The molecule has 0 saturated heterocycles. The smallest absolute Gasteiger partial charge is 0.0439 e. The van der Waals surface area contributed by atoms with Crippen LogP contribution in [-0.2, 0) is 6.42 Å². The molecule has 0 amide bonds. The summed E-state index contributed by atoms with van der Waals surface area (Å²) >= 11 is 12.1. The van der Waals surface area contributed by atoms with E-state index >= 15 is 0 Å². The Morgan fingerprint density at radius 1 is 1.17 bits per heavy atom. The first kappa shape index (κ1) is 15.8. The Morgan fingerprint density at radius 3 is 2.67 bits per heavy atom. The van der Waals surface area contributed by atoms with Gasteiger partial charge in [0.05, 0.1) is 0 Å². The van der Waals surface area contributed by atoms with Gasteiger partial charge < -0.3 is 5.32 Å². The van der Waals surface area contributed by atoms with E-state index in [9.17, 15) is 0 Å². The molecule has 0 fully saturated rings. The third kappa shape index (κ3) is 6.08. The fourth-order valence-electron chi connectivity index (χ4n) is 1.93. The highest BCUT2D eigenvalue weighted by Crippen LogP contribution is 2.23. The summed E-state index contributed by atoms with van der Waals surface area (Å²) in [5.74, 6) is 0.712. The molecule has 0 aliphatic heterocycles. The lowest BCUT2D eigenvalue weighted by molar-refractivity contribution is 0.470. The fourth-order valence-corrected chi connectivity index (χ4v) is 2.34. The zero-order valence-corrected chi connectivity index (χ0v) is 12.8. The normalized spacial score (nSPS) is 12.7. The maximum Gasteiger partial charge on any atom is 0.0439 e. The maximum atomic E-state index is 6.15. The molecule has 0 spiro atoms. The van der Waals surface area contributed by atoms with E-state index in [1.54, 1.807) is 0 Å². The van der Waals surface area contributed by atoms with Crippen molar-refractivity contribution >= 4 is 23.2 Å². The Balaban J connectivity index is 2.29. The van der Waals surface area contributed by atoms with Gasteiger partial charge in [-0.3, -0.25) is 0 Å². The minimum Gasteiger partial charge on any atom is -0.317 e. The Labute approximate surface area is 121 Å². The molecule has 0 bridgehead atoms. The summed E-state index contributed by atoms with van der Waals surface area (Å²) in [5.41, 5.74) is 1.16. The molecule has 1 N–H and O–H groups in total. The van der Waals surface area contributed by atoms with Crippen LogP contribution in [0.25, 0.3) is 0 Å². The number of rotatable bonds is 8. The van der Waals surface area contributed by atoms with Gasteiger partial charge in [0.1, 0.15) is 0 Å². The molecule has 18 heavy (non-hydrogen) atoms. The topological polar surface area (TPSA) is 12.0 Å². The van der Waals surface area contributed by atoms with E-state index in [4.69, 9.17) is 23.2 Å². The van der Waals surface area contributed by atoms with Gasteiger partial charge in [0.2, 0.25) is 0 Å². The lowest BCUT2D eigenvalue weighted by Crippen LogP contribution is -2.18. The average Bonchev–Trinajstić information content (AvgIpc) is 2.36. The minimum atomic E-state index is 0.712. The zero-order valence-electron chi connectivity index (χ0n) is 11.3. The first-order chi connectivity index (χ1) is 8.63. The van der Waals surface area contributed by atoms with Gasteiger partial charge in [-0.25, -0.2) is 0 Å². The van der Waals surface area contributed by atoms with E-state index < -0.39 is 0 Å². The molecule has 0 aliphatic rings. The van der Waals surface area contributed by atoms with Crippen molar-refractivity contribution < 1.29 is 0 Å². The van der Waals surface area contributed by atoms with E-state index in [1.807, 2.05) is 18.2 Å². The van der Waals surface area contributed by atoms with Crippen LogP contribution in [0, 0.1) is 5.92 Å². The summed E-state index contributed by atoms with van der Waals surface area (Å²) in [6.07, 6.45) is 4.59. The van der Waals surface area contributed by atoms with Crippen LogP contribution in [0.1, 0.15) is 38.7 Å². The molecule has 1 unspecified atom stereocenters. The summed E-state index contributed by atoms with van der Waals surface area (Å²) in [5, 5.41) is 5.04. The van der Waals surface area contributed by atoms with Gasteiger partial charge in [-0.2, -0.15) is 0 Å². The number of nitrogens with one attached hydrogen (secondary N) is 1. The molecule has 0 radical (unpaired) electrons. The van der Waals surface area contributed by atoms with E-state index in [-0.39, 0.29) is 0 Å². The van der Waals surface area contributed by atoms with Gasteiger partial charge in [-0.05, 0) is 68.5 Å². The molecular weight excluding hydrogens is 265 g/mol. The van der Waals surface area contributed by atoms with Crippen LogP contribution in [0.4, 0.5) is 0 Å². The molecule has 1 atom stereocenters. The first-order valence-electron chi connectivity index (χ1n) is 6.78. The van der Waals surface area contributed by atoms with Crippen LogP contribution in [-0.4, -0.2) is 13.1 Å². The number of halogens is 2. The second-order valence-corrected chi connectivity index (χ2v) is 5.76. The summed E-state index contributed by atoms with van der Waals surface area (Å²) in [7, 11) is 0. The van der Waals surface area contributed by atoms with Gasteiger partial charge in [-0.15, -0.1) is 0 Å². The molecule has 0 aliphatic carbocycles. The third-order valence-corrected chi connectivity index (χ3v) is 3.76. The lowest BCUT2D eigenvalue weighted by atomic mass is 9.98. The Bertz CT molecular complexity index is 352. The molecule has 1 nitrogen and oxygen atoms in total. The van der Waals surface area contributed by atoms with E-state index in [0.717, 1.165) is 41.5 Å². The van der Waals surface area contributed by atoms with Crippen LogP contribution < -0.4 is 5.32 Å². The molecule has 1 rings (SSSR count). The third-order valence-electron chi connectivity index (χ3n) is 3.15.